The van der Waals surface area contributed by atoms with E-state index in [9.17, 15) is 9.90 Å². The molecule has 0 atom stereocenters. The third kappa shape index (κ3) is 3.37. The minimum Gasteiger partial charge on any atom is -0.481 e. The maximum atomic E-state index is 11.4. The molecule has 0 amide bonds. The molecule has 0 aliphatic heterocycles. The van der Waals surface area contributed by atoms with E-state index in [1.165, 1.54) is 0 Å². The number of carbonyl (C=O) groups is 1. The summed E-state index contributed by atoms with van der Waals surface area (Å²) in [6.45, 7) is 11.2. The smallest absolute Gasteiger partial charge is 0.311 e. The van der Waals surface area contributed by atoms with Crippen LogP contribution in [0, 0.1) is 12.3 Å². The number of nitrogens with zero attached hydrogens (tertiary/aromatic N) is 2. The van der Waals surface area contributed by atoms with Crippen molar-refractivity contribution >= 4 is 11.8 Å². The van der Waals surface area contributed by atoms with Gasteiger partial charge in [0.05, 0.1) is 12.0 Å². The molecule has 0 radical (unpaired) electrons. The number of carboxylic acids is 1. The summed E-state index contributed by atoms with van der Waals surface area (Å²) in [5.74, 6) is 0.736. The van der Waals surface area contributed by atoms with Gasteiger partial charge in [-0.1, -0.05) is 0 Å². The summed E-state index contributed by atoms with van der Waals surface area (Å²) in [6.07, 6.45) is 0. The van der Waals surface area contributed by atoms with E-state index in [1.54, 1.807) is 26.8 Å². The highest BCUT2D eigenvalue weighted by Gasteiger charge is 2.43. The first kappa shape index (κ1) is 16.2. The zero-order valence-corrected chi connectivity index (χ0v) is 12.9. The highest BCUT2D eigenvalue weighted by Crippen LogP contribution is 2.34. The Bertz CT molecular complexity index is 498. The van der Waals surface area contributed by atoms with Crippen molar-refractivity contribution in [3.63, 3.8) is 0 Å². The van der Waals surface area contributed by atoms with Crippen molar-refractivity contribution in [2.45, 2.75) is 47.1 Å². The van der Waals surface area contributed by atoms with E-state index in [1.807, 2.05) is 20.8 Å². The quantitative estimate of drug-likeness (QED) is 0.833. The molecule has 0 bridgehead atoms. The Morgan fingerprint density at radius 3 is 2.45 bits per heavy atom. The number of nitrogens with one attached hydrogen (secondary N) is 1. The third-order valence-electron chi connectivity index (χ3n) is 3.64. The van der Waals surface area contributed by atoms with Crippen molar-refractivity contribution in [2.24, 2.45) is 5.41 Å². The van der Waals surface area contributed by atoms with Crippen LogP contribution in [0.5, 0.6) is 5.88 Å². The highest BCUT2D eigenvalue weighted by molar-refractivity contribution is 5.76. The molecule has 0 fully saturated rings. The fourth-order valence-electron chi connectivity index (χ4n) is 1.57. The Hall–Kier alpha value is -1.85. The molecule has 6 heteroatoms. The van der Waals surface area contributed by atoms with E-state index >= 15 is 0 Å². The van der Waals surface area contributed by atoms with Gasteiger partial charge in [0.25, 0.3) is 0 Å². The molecule has 0 aromatic carbocycles. The molecule has 6 nitrogen and oxygen atoms in total. The summed E-state index contributed by atoms with van der Waals surface area (Å²) in [5.41, 5.74) is -1.65. The summed E-state index contributed by atoms with van der Waals surface area (Å²) in [5, 5.41) is 12.5. The Balaban J connectivity index is 3.06. The molecule has 1 aromatic heterocycles. The minimum atomic E-state index is -0.961. The van der Waals surface area contributed by atoms with Crippen LogP contribution in [0.3, 0.4) is 0 Å². The first-order chi connectivity index (χ1) is 9.10. The second-order valence-electron chi connectivity index (χ2n) is 5.75. The molecule has 20 heavy (non-hydrogen) atoms. The van der Waals surface area contributed by atoms with E-state index < -0.39 is 16.9 Å². The fraction of sp³-hybridized carbons (Fsp3) is 0.643. The predicted molar refractivity (Wildman–Crippen MR) is 77.1 cm³/mol. The van der Waals surface area contributed by atoms with Crippen LogP contribution in [-0.2, 0) is 4.79 Å². The largest absolute Gasteiger partial charge is 0.481 e. The molecule has 0 saturated carbocycles. The lowest BCUT2D eigenvalue weighted by molar-refractivity contribution is -0.149. The van der Waals surface area contributed by atoms with E-state index in [4.69, 9.17) is 4.74 Å². The van der Waals surface area contributed by atoms with E-state index in [-0.39, 0.29) is 0 Å². The van der Waals surface area contributed by atoms with Gasteiger partial charge in [0.1, 0.15) is 11.6 Å². The number of rotatable bonds is 6. The highest BCUT2D eigenvalue weighted by atomic mass is 16.5. The molecule has 2 N–H and O–H groups in total. The predicted octanol–water partition coefficient (Wildman–Crippen LogP) is 2.49. The second kappa shape index (κ2) is 5.64. The molecule has 112 valence electrons. The monoisotopic (exact) mass is 281 g/mol. The Kier molecular flexibility index (Phi) is 4.57. The normalized spacial score (nSPS) is 12.1. The molecule has 1 rings (SSSR count). The Morgan fingerprint density at radius 1 is 1.35 bits per heavy atom. The van der Waals surface area contributed by atoms with Crippen LogP contribution < -0.4 is 10.1 Å². The summed E-state index contributed by atoms with van der Waals surface area (Å²) >= 11 is 0. The van der Waals surface area contributed by atoms with Crippen molar-refractivity contribution in [1.82, 2.24) is 9.97 Å². The molecular weight excluding hydrogens is 258 g/mol. The second-order valence-corrected chi connectivity index (χ2v) is 5.75. The van der Waals surface area contributed by atoms with Crippen molar-refractivity contribution in [2.75, 3.05) is 11.9 Å². The van der Waals surface area contributed by atoms with Crippen LogP contribution in [0.25, 0.3) is 0 Å². The molecule has 1 aromatic rings. The number of ether oxygens (including phenoxy) is 1. The van der Waals surface area contributed by atoms with Crippen LogP contribution >= 0.6 is 0 Å². The number of aliphatic carboxylic acids is 1. The molecule has 1 heterocycles. The van der Waals surface area contributed by atoms with Gasteiger partial charge < -0.3 is 15.2 Å². The van der Waals surface area contributed by atoms with Crippen molar-refractivity contribution < 1.29 is 14.6 Å². The van der Waals surface area contributed by atoms with Gasteiger partial charge >= 0.3 is 5.97 Å². The van der Waals surface area contributed by atoms with E-state index in [0.29, 0.717) is 24.1 Å². The van der Waals surface area contributed by atoms with Crippen molar-refractivity contribution in [1.29, 1.82) is 0 Å². The first-order valence-electron chi connectivity index (χ1n) is 6.60. The average Bonchev–Trinajstić information content (AvgIpc) is 2.27. The SMILES string of the molecule is CCOc1cc(NC(C)(C)C(C)(C)C(=O)O)nc(C)n1. The number of carboxylic acid groups (broad SMARTS) is 1. The number of aromatic nitrogens is 2. The molecular formula is C14H23N3O3. The average molecular weight is 281 g/mol. The van der Waals surface area contributed by atoms with Gasteiger partial charge in [-0.15, -0.1) is 0 Å². The van der Waals surface area contributed by atoms with Gasteiger partial charge in [-0.2, -0.15) is 4.98 Å². The third-order valence-corrected chi connectivity index (χ3v) is 3.64. The molecule has 0 saturated heterocycles. The summed E-state index contributed by atoms with van der Waals surface area (Å²) < 4.78 is 5.37. The molecule has 0 aliphatic rings. The lowest BCUT2D eigenvalue weighted by Crippen LogP contribution is -2.50. The van der Waals surface area contributed by atoms with Crippen LogP contribution in [-0.4, -0.2) is 33.2 Å². The topological polar surface area (TPSA) is 84.3 Å². The lowest BCUT2D eigenvalue weighted by atomic mass is 9.74. The standard InChI is InChI=1S/C14H23N3O3/c1-7-20-11-8-10(15-9(2)16-11)17-14(5,6)13(3,4)12(18)19/h8H,7H2,1-6H3,(H,18,19)(H,15,16,17). The molecule has 0 unspecified atom stereocenters. The number of aryl methyl sites for hydroxylation is 1. The summed E-state index contributed by atoms with van der Waals surface area (Å²) in [4.78, 5) is 19.8. The van der Waals surface area contributed by atoms with Gasteiger partial charge in [-0.05, 0) is 41.5 Å². The van der Waals surface area contributed by atoms with Gasteiger partial charge in [0, 0.05) is 11.6 Å². The molecule has 0 spiro atoms. The van der Waals surface area contributed by atoms with Crippen LogP contribution in [0.1, 0.15) is 40.4 Å². The minimum absolute atomic E-state index is 0.478. The van der Waals surface area contributed by atoms with Crippen LogP contribution in [0.15, 0.2) is 6.07 Å². The zero-order valence-electron chi connectivity index (χ0n) is 12.9. The maximum Gasteiger partial charge on any atom is 0.311 e. The molecule has 0 aliphatic carbocycles. The van der Waals surface area contributed by atoms with Crippen molar-refractivity contribution in [3.05, 3.63) is 11.9 Å². The number of hydrogen-bond donors (Lipinski definition) is 2. The van der Waals surface area contributed by atoms with Crippen LogP contribution in [0.2, 0.25) is 0 Å². The lowest BCUT2D eigenvalue weighted by Gasteiger charge is -2.39. The van der Waals surface area contributed by atoms with Gasteiger partial charge in [0.15, 0.2) is 0 Å². The van der Waals surface area contributed by atoms with Gasteiger partial charge in [-0.25, -0.2) is 4.98 Å². The maximum absolute atomic E-state index is 11.4. The summed E-state index contributed by atoms with van der Waals surface area (Å²) in [7, 11) is 0. The number of hydrogen-bond acceptors (Lipinski definition) is 5. The Morgan fingerprint density at radius 2 is 1.95 bits per heavy atom. The number of anilines is 1. The van der Waals surface area contributed by atoms with Crippen molar-refractivity contribution in [3.8, 4) is 5.88 Å². The van der Waals surface area contributed by atoms with Crippen LogP contribution in [0.4, 0.5) is 5.82 Å². The Labute approximate surface area is 119 Å². The van der Waals surface area contributed by atoms with Gasteiger partial charge in [-0.3, -0.25) is 4.79 Å². The summed E-state index contributed by atoms with van der Waals surface area (Å²) in [6, 6.07) is 1.68. The fourth-order valence-corrected chi connectivity index (χ4v) is 1.57. The van der Waals surface area contributed by atoms with E-state index in [0.717, 1.165) is 0 Å². The zero-order chi connectivity index (χ0) is 15.6. The van der Waals surface area contributed by atoms with E-state index in [2.05, 4.69) is 15.3 Å². The van der Waals surface area contributed by atoms with Gasteiger partial charge in [0.2, 0.25) is 5.88 Å². The first-order valence-corrected chi connectivity index (χ1v) is 6.60.